The van der Waals surface area contributed by atoms with Gasteiger partial charge in [0.2, 0.25) is 0 Å². The monoisotopic (exact) mass is 263 g/mol. The van der Waals surface area contributed by atoms with Crippen molar-refractivity contribution in [2.24, 2.45) is 0 Å². The fourth-order valence-electron chi connectivity index (χ4n) is 1.60. The van der Waals surface area contributed by atoms with Gasteiger partial charge < -0.3 is 0 Å². The zero-order chi connectivity index (χ0) is 13.2. The number of hydrogen-bond acceptors (Lipinski definition) is 4. The van der Waals surface area contributed by atoms with Crippen LogP contribution in [0.15, 0.2) is 47.4 Å². The van der Waals surface area contributed by atoms with Crippen LogP contribution in [-0.4, -0.2) is 25.0 Å². The average Bonchev–Trinajstić information content (AvgIpc) is 2.83. The lowest BCUT2D eigenvalue weighted by Gasteiger charge is -2.09. The number of carbonyl (C=O) groups is 2. The molecule has 0 aliphatic carbocycles. The first-order valence-electron chi connectivity index (χ1n) is 5.04. The summed E-state index contributed by atoms with van der Waals surface area (Å²) < 4.78 is 25.3. The predicted octanol–water partition coefficient (Wildman–Crippen LogP) is 1.35. The number of benzene rings is 1. The Morgan fingerprint density at radius 1 is 0.833 bits per heavy atom. The van der Waals surface area contributed by atoms with Crippen LogP contribution in [0, 0.1) is 0 Å². The maximum Gasteiger partial charge on any atom is 0.268 e. The van der Waals surface area contributed by atoms with Crippen LogP contribution in [0.1, 0.15) is 21.0 Å². The molecule has 0 aliphatic heterocycles. The third-order valence-electron chi connectivity index (χ3n) is 2.42. The second-order valence-electron chi connectivity index (χ2n) is 3.50. The van der Waals surface area contributed by atoms with E-state index in [0.717, 1.165) is 3.97 Å². The number of carbonyl (C=O) groups excluding carboxylic acids is 2. The summed E-state index contributed by atoms with van der Waals surface area (Å²) in [7, 11) is -3.93. The molecule has 0 unspecified atom stereocenters. The number of rotatable bonds is 4. The molecule has 2 aromatic rings. The van der Waals surface area contributed by atoms with Gasteiger partial charge in [0.05, 0.1) is 16.3 Å². The van der Waals surface area contributed by atoms with Gasteiger partial charge in [0.25, 0.3) is 10.0 Å². The van der Waals surface area contributed by atoms with Crippen molar-refractivity contribution in [3.63, 3.8) is 0 Å². The smallest absolute Gasteiger partial charge is 0.268 e. The van der Waals surface area contributed by atoms with E-state index in [1.54, 1.807) is 18.2 Å². The molecule has 0 radical (unpaired) electrons. The molecular formula is C12H9NO4S. The van der Waals surface area contributed by atoms with E-state index in [1.165, 1.54) is 24.3 Å². The van der Waals surface area contributed by atoms with Crippen molar-refractivity contribution < 1.29 is 18.0 Å². The van der Waals surface area contributed by atoms with E-state index in [4.69, 9.17) is 0 Å². The highest BCUT2D eigenvalue weighted by Gasteiger charge is 2.22. The van der Waals surface area contributed by atoms with Crippen molar-refractivity contribution in [3.05, 3.63) is 53.9 Å². The highest BCUT2D eigenvalue weighted by molar-refractivity contribution is 7.90. The molecule has 2 rings (SSSR count). The number of hydrogen-bond donors (Lipinski definition) is 0. The van der Waals surface area contributed by atoms with E-state index in [9.17, 15) is 18.0 Å². The third-order valence-corrected chi connectivity index (χ3v) is 4.19. The Morgan fingerprint density at radius 3 is 1.78 bits per heavy atom. The minimum Gasteiger partial charge on any atom is -0.296 e. The van der Waals surface area contributed by atoms with Crippen molar-refractivity contribution >= 4 is 22.6 Å². The first kappa shape index (κ1) is 12.3. The van der Waals surface area contributed by atoms with Gasteiger partial charge in [-0.25, -0.2) is 12.4 Å². The SMILES string of the molecule is O=Cc1ccc(C=O)n1S(=O)(=O)c1ccccc1. The van der Waals surface area contributed by atoms with E-state index in [2.05, 4.69) is 0 Å². The number of aromatic nitrogens is 1. The summed E-state index contributed by atoms with van der Waals surface area (Å²) in [6.45, 7) is 0. The minimum absolute atomic E-state index is 0.0207. The Labute approximate surface area is 104 Å². The summed E-state index contributed by atoms with van der Waals surface area (Å²) in [4.78, 5) is 21.7. The van der Waals surface area contributed by atoms with Crippen LogP contribution in [0.2, 0.25) is 0 Å². The fraction of sp³-hybridized carbons (Fsp3) is 0. The van der Waals surface area contributed by atoms with Gasteiger partial charge in [-0.2, -0.15) is 0 Å². The topological polar surface area (TPSA) is 73.2 Å². The Morgan fingerprint density at radius 2 is 1.33 bits per heavy atom. The molecule has 18 heavy (non-hydrogen) atoms. The second-order valence-corrected chi connectivity index (χ2v) is 5.29. The zero-order valence-corrected chi connectivity index (χ0v) is 10.0. The lowest BCUT2D eigenvalue weighted by molar-refractivity contribution is 0.111. The normalized spacial score (nSPS) is 11.1. The summed E-state index contributed by atoms with van der Waals surface area (Å²) in [6, 6.07) is 10.2. The van der Waals surface area contributed by atoms with Crippen LogP contribution in [0.25, 0.3) is 0 Å². The molecule has 6 heteroatoms. The molecule has 0 aliphatic rings. The van der Waals surface area contributed by atoms with Crippen molar-refractivity contribution in [3.8, 4) is 0 Å². The van der Waals surface area contributed by atoms with Crippen LogP contribution >= 0.6 is 0 Å². The number of aldehydes is 2. The molecule has 0 amide bonds. The molecule has 1 aromatic heterocycles. The predicted molar refractivity (Wildman–Crippen MR) is 64.2 cm³/mol. The molecule has 0 bridgehead atoms. The van der Waals surface area contributed by atoms with Crippen LogP contribution in [0.5, 0.6) is 0 Å². The first-order chi connectivity index (χ1) is 8.61. The summed E-state index contributed by atoms with van der Waals surface area (Å²) in [5.41, 5.74) is -0.165. The standard InChI is InChI=1S/C12H9NO4S/c14-8-10-6-7-11(9-15)13(10)18(16,17)12-4-2-1-3-5-12/h1-9H. The molecular weight excluding hydrogens is 254 g/mol. The molecule has 1 aromatic carbocycles. The van der Waals surface area contributed by atoms with E-state index in [1.807, 2.05) is 0 Å². The molecule has 0 atom stereocenters. The van der Waals surface area contributed by atoms with E-state index >= 15 is 0 Å². The molecule has 1 heterocycles. The zero-order valence-electron chi connectivity index (χ0n) is 9.18. The van der Waals surface area contributed by atoms with Crippen LogP contribution < -0.4 is 0 Å². The van der Waals surface area contributed by atoms with Crippen molar-refractivity contribution in [2.75, 3.05) is 0 Å². The Bertz CT molecular complexity index is 661. The van der Waals surface area contributed by atoms with Crippen molar-refractivity contribution in [1.82, 2.24) is 3.97 Å². The summed E-state index contributed by atoms with van der Waals surface area (Å²) in [5, 5.41) is 0. The molecule has 0 saturated heterocycles. The fourth-order valence-corrected chi connectivity index (χ4v) is 3.08. The largest absolute Gasteiger partial charge is 0.296 e. The van der Waals surface area contributed by atoms with E-state index in [-0.39, 0.29) is 16.3 Å². The quantitative estimate of drug-likeness (QED) is 0.780. The summed E-state index contributed by atoms with van der Waals surface area (Å²) >= 11 is 0. The second kappa shape index (κ2) is 4.58. The van der Waals surface area contributed by atoms with Crippen LogP contribution in [-0.2, 0) is 10.0 Å². The summed E-state index contributed by atoms with van der Waals surface area (Å²) in [6.07, 6.45) is 0.793. The first-order valence-corrected chi connectivity index (χ1v) is 6.48. The molecule has 0 spiro atoms. The Balaban J connectivity index is 2.72. The van der Waals surface area contributed by atoms with E-state index < -0.39 is 10.0 Å². The van der Waals surface area contributed by atoms with Gasteiger partial charge in [-0.1, -0.05) is 18.2 Å². The minimum atomic E-state index is -3.93. The van der Waals surface area contributed by atoms with Crippen molar-refractivity contribution in [2.45, 2.75) is 4.90 Å². The summed E-state index contributed by atoms with van der Waals surface area (Å²) in [5.74, 6) is 0. The molecule has 0 saturated carbocycles. The van der Waals surface area contributed by atoms with Crippen molar-refractivity contribution in [1.29, 1.82) is 0 Å². The highest BCUT2D eigenvalue weighted by atomic mass is 32.2. The lowest BCUT2D eigenvalue weighted by atomic mass is 10.4. The lowest BCUT2D eigenvalue weighted by Crippen LogP contribution is -2.17. The Kier molecular flexibility index (Phi) is 3.12. The average molecular weight is 263 g/mol. The molecule has 5 nitrogen and oxygen atoms in total. The van der Waals surface area contributed by atoms with Gasteiger partial charge in [0, 0.05) is 0 Å². The van der Waals surface area contributed by atoms with Gasteiger partial charge in [-0.3, -0.25) is 9.59 Å². The van der Waals surface area contributed by atoms with Gasteiger partial charge in [-0.05, 0) is 24.3 Å². The van der Waals surface area contributed by atoms with Gasteiger partial charge in [0.15, 0.2) is 12.6 Å². The van der Waals surface area contributed by atoms with E-state index in [0.29, 0.717) is 12.6 Å². The molecule has 0 N–H and O–H groups in total. The van der Waals surface area contributed by atoms with Crippen LogP contribution in [0.4, 0.5) is 0 Å². The van der Waals surface area contributed by atoms with Gasteiger partial charge in [0.1, 0.15) is 0 Å². The number of nitrogens with zero attached hydrogens (tertiary/aromatic N) is 1. The third kappa shape index (κ3) is 1.86. The van der Waals surface area contributed by atoms with Crippen LogP contribution in [0.3, 0.4) is 0 Å². The Hall–Kier alpha value is -2.21. The van der Waals surface area contributed by atoms with Gasteiger partial charge >= 0.3 is 0 Å². The maximum absolute atomic E-state index is 12.3. The molecule has 0 fully saturated rings. The molecule has 92 valence electrons. The maximum atomic E-state index is 12.3. The van der Waals surface area contributed by atoms with Gasteiger partial charge in [-0.15, -0.1) is 0 Å². The highest BCUT2D eigenvalue weighted by Crippen LogP contribution is 2.18.